The van der Waals surface area contributed by atoms with Gasteiger partial charge in [0.05, 0.1) is 5.56 Å². The maximum absolute atomic E-state index is 11.6. The molecule has 0 aliphatic carbocycles. The topological polar surface area (TPSA) is 26.3 Å². The lowest BCUT2D eigenvalue weighted by Gasteiger charge is -2.18. The summed E-state index contributed by atoms with van der Waals surface area (Å²) in [5.41, 5.74) is -0.459. The van der Waals surface area contributed by atoms with Crippen molar-refractivity contribution in [2.75, 3.05) is 0 Å². The SMILES string of the molecule is C#CC(C)(C)OC(=O)c1ccc(Cl)cc1. The van der Waals surface area contributed by atoms with Gasteiger partial charge in [-0.2, -0.15) is 0 Å². The first kappa shape index (κ1) is 11.6. The number of esters is 1. The Bertz CT molecular complexity index is 399. The summed E-state index contributed by atoms with van der Waals surface area (Å²) in [7, 11) is 0. The standard InChI is InChI=1S/C12H11ClO2/c1-4-12(2,3)15-11(14)9-5-7-10(13)8-6-9/h1,5-8H,2-3H3. The molecule has 0 N–H and O–H groups in total. The first-order valence-electron chi connectivity index (χ1n) is 4.41. The Balaban J connectivity index is 2.79. The Labute approximate surface area is 94.2 Å². The van der Waals surface area contributed by atoms with Crippen LogP contribution in [0.2, 0.25) is 5.02 Å². The normalized spacial score (nSPS) is 10.5. The fraction of sp³-hybridized carbons (Fsp3) is 0.250. The van der Waals surface area contributed by atoms with E-state index in [0.29, 0.717) is 10.6 Å². The Hall–Kier alpha value is -1.46. The van der Waals surface area contributed by atoms with Gasteiger partial charge < -0.3 is 4.74 Å². The van der Waals surface area contributed by atoms with Gasteiger partial charge in [0.15, 0.2) is 5.60 Å². The molecule has 0 fully saturated rings. The molecule has 0 aliphatic rings. The molecule has 15 heavy (non-hydrogen) atoms. The van der Waals surface area contributed by atoms with Gasteiger partial charge in [-0.3, -0.25) is 0 Å². The molecule has 0 aliphatic heterocycles. The molecule has 1 rings (SSSR count). The van der Waals surface area contributed by atoms with E-state index in [1.54, 1.807) is 38.1 Å². The number of terminal acetylenes is 1. The average Bonchev–Trinajstić information content (AvgIpc) is 2.18. The quantitative estimate of drug-likeness (QED) is 0.568. The van der Waals surface area contributed by atoms with Crippen LogP contribution in [0.1, 0.15) is 24.2 Å². The van der Waals surface area contributed by atoms with Crippen molar-refractivity contribution in [3.05, 3.63) is 34.9 Å². The van der Waals surface area contributed by atoms with Gasteiger partial charge in [-0.15, -0.1) is 6.42 Å². The van der Waals surface area contributed by atoms with Crippen molar-refractivity contribution in [1.29, 1.82) is 0 Å². The fourth-order valence-corrected chi connectivity index (χ4v) is 1.03. The van der Waals surface area contributed by atoms with Crippen LogP contribution in [0, 0.1) is 12.3 Å². The van der Waals surface area contributed by atoms with Gasteiger partial charge in [0.2, 0.25) is 0 Å². The minimum absolute atomic E-state index is 0.433. The number of hydrogen-bond donors (Lipinski definition) is 0. The summed E-state index contributed by atoms with van der Waals surface area (Å²) in [6.07, 6.45) is 5.21. The predicted molar refractivity (Wildman–Crippen MR) is 59.8 cm³/mol. The monoisotopic (exact) mass is 222 g/mol. The largest absolute Gasteiger partial charge is 0.443 e. The van der Waals surface area contributed by atoms with Crippen LogP contribution in [-0.4, -0.2) is 11.6 Å². The summed E-state index contributed by atoms with van der Waals surface area (Å²) in [4.78, 5) is 11.6. The minimum atomic E-state index is -0.892. The maximum atomic E-state index is 11.6. The molecule has 3 heteroatoms. The number of rotatable bonds is 2. The van der Waals surface area contributed by atoms with Gasteiger partial charge in [-0.25, -0.2) is 4.79 Å². The molecule has 0 radical (unpaired) electrons. The molecule has 0 heterocycles. The summed E-state index contributed by atoms with van der Waals surface area (Å²) in [6, 6.07) is 6.44. The molecule has 0 saturated heterocycles. The third-order valence-electron chi connectivity index (χ3n) is 1.78. The Morgan fingerprint density at radius 3 is 2.40 bits per heavy atom. The van der Waals surface area contributed by atoms with E-state index in [4.69, 9.17) is 22.8 Å². The average molecular weight is 223 g/mol. The van der Waals surface area contributed by atoms with Crippen molar-refractivity contribution >= 4 is 17.6 Å². The van der Waals surface area contributed by atoms with Crippen molar-refractivity contribution in [1.82, 2.24) is 0 Å². The molecule has 1 aromatic carbocycles. The van der Waals surface area contributed by atoms with E-state index < -0.39 is 11.6 Å². The molecule has 1 aromatic rings. The number of hydrogen-bond acceptors (Lipinski definition) is 2. The summed E-state index contributed by atoms with van der Waals surface area (Å²) >= 11 is 5.69. The summed E-state index contributed by atoms with van der Waals surface area (Å²) in [5, 5.41) is 0.572. The summed E-state index contributed by atoms with van der Waals surface area (Å²) in [6.45, 7) is 3.31. The molecule has 0 atom stereocenters. The zero-order valence-electron chi connectivity index (χ0n) is 8.58. The van der Waals surface area contributed by atoms with Gasteiger partial charge >= 0.3 is 5.97 Å². The molecular formula is C12H11ClO2. The van der Waals surface area contributed by atoms with Crippen molar-refractivity contribution in [3.8, 4) is 12.3 Å². The lowest BCUT2D eigenvalue weighted by molar-refractivity contribution is 0.0205. The molecule has 78 valence electrons. The second-order valence-electron chi connectivity index (χ2n) is 3.55. The van der Waals surface area contributed by atoms with Crippen LogP contribution in [0.4, 0.5) is 0 Å². The Morgan fingerprint density at radius 2 is 1.93 bits per heavy atom. The van der Waals surface area contributed by atoms with Crippen LogP contribution >= 0.6 is 11.6 Å². The zero-order chi connectivity index (χ0) is 11.5. The van der Waals surface area contributed by atoms with E-state index in [9.17, 15) is 4.79 Å². The lowest BCUT2D eigenvalue weighted by Crippen LogP contribution is -2.25. The molecule has 0 bridgehead atoms. The van der Waals surface area contributed by atoms with Crippen molar-refractivity contribution in [2.45, 2.75) is 19.4 Å². The van der Waals surface area contributed by atoms with Gasteiger partial charge in [0, 0.05) is 5.02 Å². The van der Waals surface area contributed by atoms with Crippen LogP contribution in [0.5, 0.6) is 0 Å². The maximum Gasteiger partial charge on any atom is 0.339 e. The highest BCUT2D eigenvalue weighted by atomic mass is 35.5. The van der Waals surface area contributed by atoms with E-state index in [2.05, 4.69) is 5.92 Å². The molecule has 0 unspecified atom stereocenters. The molecule has 0 amide bonds. The van der Waals surface area contributed by atoms with Gasteiger partial charge in [0.25, 0.3) is 0 Å². The Morgan fingerprint density at radius 1 is 1.40 bits per heavy atom. The number of ether oxygens (including phenoxy) is 1. The number of halogens is 1. The van der Waals surface area contributed by atoms with Gasteiger partial charge in [0.1, 0.15) is 0 Å². The van der Waals surface area contributed by atoms with Crippen LogP contribution in [0.3, 0.4) is 0 Å². The minimum Gasteiger partial charge on any atom is -0.443 e. The van der Waals surface area contributed by atoms with Crippen molar-refractivity contribution < 1.29 is 9.53 Å². The van der Waals surface area contributed by atoms with Crippen LogP contribution in [0.25, 0.3) is 0 Å². The van der Waals surface area contributed by atoms with Crippen LogP contribution in [0.15, 0.2) is 24.3 Å². The van der Waals surface area contributed by atoms with E-state index in [-0.39, 0.29) is 0 Å². The summed E-state index contributed by atoms with van der Waals surface area (Å²) in [5.74, 6) is 1.93. The number of carbonyl (C=O) groups excluding carboxylic acids is 1. The number of carbonyl (C=O) groups is 1. The molecular weight excluding hydrogens is 212 g/mol. The first-order chi connectivity index (χ1) is 6.94. The third-order valence-corrected chi connectivity index (χ3v) is 2.03. The zero-order valence-corrected chi connectivity index (χ0v) is 9.34. The second-order valence-corrected chi connectivity index (χ2v) is 3.99. The highest BCUT2D eigenvalue weighted by Crippen LogP contribution is 2.14. The second kappa shape index (κ2) is 4.37. The van der Waals surface area contributed by atoms with Crippen molar-refractivity contribution in [2.24, 2.45) is 0 Å². The number of benzene rings is 1. The molecule has 0 spiro atoms. The van der Waals surface area contributed by atoms with E-state index in [1.807, 2.05) is 0 Å². The highest BCUT2D eigenvalue weighted by molar-refractivity contribution is 6.30. The first-order valence-corrected chi connectivity index (χ1v) is 4.79. The van der Waals surface area contributed by atoms with Crippen LogP contribution < -0.4 is 0 Å². The third kappa shape index (κ3) is 3.30. The Kier molecular flexibility index (Phi) is 3.39. The van der Waals surface area contributed by atoms with E-state index >= 15 is 0 Å². The fourth-order valence-electron chi connectivity index (χ4n) is 0.906. The van der Waals surface area contributed by atoms with E-state index in [0.717, 1.165) is 0 Å². The molecule has 0 saturated carbocycles. The molecule has 0 aromatic heterocycles. The predicted octanol–water partition coefficient (Wildman–Crippen LogP) is 2.91. The van der Waals surface area contributed by atoms with Crippen LogP contribution in [-0.2, 0) is 4.74 Å². The van der Waals surface area contributed by atoms with E-state index in [1.165, 1.54) is 0 Å². The highest BCUT2D eigenvalue weighted by Gasteiger charge is 2.20. The summed E-state index contributed by atoms with van der Waals surface area (Å²) < 4.78 is 5.09. The van der Waals surface area contributed by atoms with Gasteiger partial charge in [-0.05, 0) is 38.1 Å². The smallest absolute Gasteiger partial charge is 0.339 e. The molecule has 2 nitrogen and oxygen atoms in total. The lowest BCUT2D eigenvalue weighted by atomic mass is 10.1. The van der Waals surface area contributed by atoms with Crippen molar-refractivity contribution in [3.63, 3.8) is 0 Å². The van der Waals surface area contributed by atoms with Gasteiger partial charge in [-0.1, -0.05) is 17.5 Å².